The van der Waals surface area contributed by atoms with Gasteiger partial charge in [0.1, 0.15) is 6.61 Å². The number of methoxy groups -OCH3 is 1. The quantitative estimate of drug-likeness (QED) is 0.298. The molecule has 8 heteroatoms. The van der Waals surface area contributed by atoms with Crippen molar-refractivity contribution in [1.82, 2.24) is 15.2 Å². The van der Waals surface area contributed by atoms with Gasteiger partial charge in [-0.3, -0.25) is 0 Å². The standard InChI is InChI=1S/C27H26N4O3S/c1-3-15-35-27-29-26-24(30-31-27)20-11-7-8-12-21(20)28-25(34-26)19-13-14-22(23(16-19)32-2)33-17-18-9-5-4-6-10-18/h4-14,16,25,28H,3,15,17H2,1-2H3. The highest BCUT2D eigenvalue weighted by Gasteiger charge is 2.26. The summed E-state index contributed by atoms with van der Waals surface area (Å²) in [5, 5.41) is 12.9. The topological polar surface area (TPSA) is 78.4 Å². The van der Waals surface area contributed by atoms with Crippen molar-refractivity contribution < 1.29 is 14.2 Å². The maximum absolute atomic E-state index is 6.38. The van der Waals surface area contributed by atoms with E-state index in [0.29, 0.717) is 34.8 Å². The third-order valence-corrected chi connectivity index (χ3v) is 6.54. The minimum Gasteiger partial charge on any atom is -0.493 e. The van der Waals surface area contributed by atoms with Gasteiger partial charge in [0.05, 0.1) is 7.11 Å². The molecular weight excluding hydrogens is 460 g/mol. The molecule has 0 saturated carbocycles. The summed E-state index contributed by atoms with van der Waals surface area (Å²) in [6.07, 6.45) is 0.521. The Labute approximate surface area is 208 Å². The van der Waals surface area contributed by atoms with E-state index < -0.39 is 6.23 Å². The third-order valence-electron chi connectivity index (χ3n) is 5.50. The van der Waals surface area contributed by atoms with E-state index in [0.717, 1.165) is 34.6 Å². The summed E-state index contributed by atoms with van der Waals surface area (Å²) in [6, 6.07) is 23.8. The van der Waals surface area contributed by atoms with Crippen LogP contribution in [0, 0.1) is 0 Å². The zero-order valence-electron chi connectivity index (χ0n) is 19.6. The molecule has 7 nitrogen and oxygen atoms in total. The van der Waals surface area contributed by atoms with E-state index in [2.05, 4.69) is 27.4 Å². The van der Waals surface area contributed by atoms with E-state index in [-0.39, 0.29) is 0 Å². The Morgan fingerprint density at radius 1 is 0.971 bits per heavy atom. The maximum Gasteiger partial charge on any atom is 0.247 e. The van der Waals surface area contributed by atoms with Crippen LogP contribution in [0.3, 0.4) is 0 Å². The fourth-order valence-electron chi connectivity index (χ4n) is 3.75. The first-order valence-electron chi connectivity index (χ1n) is 11.5. The maximum atomic E-state index is 6.38. The van der Waals surface area contributed by atoms with Crippen LogP contribution < -0.4 is 19.5 Å². The summed E-state index contributed by atoms with van der Waals surface area (Å²) < 4.78 is 18.1. The van der Waals surface area contributed by atoms with Crippen molar-refractivity contribution in [2.75, 3.05) is 18.2 Å². The Hall–Kier alpha value is -3.78. The summed E-state index contributed by atoms with van der Waals surface area (Å²) in [6.45, 7) is 2.58. The van der Waals surface area contributed by atoms with E-state index in [1.165, 1.54) is 0 Å². The molecule has 0 saturated heterocycles. The average molecular weight is 487 g/mol. The number of hydrogen-bond donors (Lipinski definition) is 1. The summed E-state index contributed by atoms with van der Waals surface area (Å²) in [5.41, 5.74) is 4.37. The predicted molar refractivity (Wildman–Crippen MR) is 137 cm³/mol. The molecule has 3 aromatic carbocycles. The Morgan fingerprint density at radius 2 is 1.80 bits per heavy atom. The Bertz CT molecular complexity index is 1300. The van der Waals surface area contributed by atoms with Crippen LogP contribution in [0.15, 0.2) is 78.0 Å². The number of hydrogen-bond acceptors (Lipinski definition) is 8. The Balaban J connectivity index is 1.45. The van der Waals surface area contributed by atoms with Gasteiger partial charge >= 0.3 is 0 Å². The molecule has 1 unspecified atom stereocenters. The molecule has 1 aromatic heterocycles. The molecular formula is C27H26N4O3S. The van der Waals surface area contributed by atoms with Crippen molar-refractivity contribution in [2.24, 2.45) is 0 Å². The van der Waals surface area contributed by atoms with Crippen molar-refractivity contribution in [3.05, 3.63) is 83.9 Å². The second-order valence-electron chi connectivity index (χ2n) is 7.97. The lowest BCUT2D eigenvalue weighted by atomic mass is 10.1. The normalized spacial score (nSPS) is 14.1. The summed E-state index contributed by atoms with van der Waals surface area (Å²) in [7, 11) is 1.63. The van der Waals surface area contributed by atoms with Crippen LogP contribution in [0.2, 0.25) is 0 Å². The summed E-state index contributed by atoms with van der Waals surface area (Å²) >= 11 is 1.57. The van der Waals surface area contributed by atoms with Gasteiger partial charge in [-0.2, -0.15) is 4.98 Å². The monoisotopic (exact) mass is 486 g/mol. The van der Waals surface area contributed by atoms with E-state index in [1.54, 1.807) is 18.9 Å². The lowest BCUT2D eigenvalue weighted by Gasteiger charge is -2.21. The Morgan fingerprint density at radius 3 is 2.63 bits per heavy atom. The van der Waals surface area contributed by atoms with Gasteiger partial charge in [-0.1, -0.05) is 67.2 Å². The molecule has 0 fully saturated rings. The molecule has 1 atom stereocenters. The van der Waals surface area contributed by atoms with Gasteiger partial charge in [0.15, 0.2) is 23.4 Å². The molecule has 5 rings (SSSR count). The molecule has 1 aliphatic heterocycles. The second kappa shape index (κ2) is 10.7. The number of thioether (sulfide) groups is 1. The molecule has 178 valence electrons. The fraction of sp³-hybridized carbons (Fsp3) is 0.222. The highest BCUT2D eigenvalue weighted by atomic mass is 32.2. The van der Waals surface area contributed by atoms with Gasteiger partial charge in [-0.25, -0.2) is 0 Å². The molecule has 0 radical (unpaired) electrons. The predicted octanol–water partition coefficient (Wildman–Crippen LogP) is 6.13. The number of benzene rings is 3. The van der Waals surface area contributed by atoms with Crippen LogP contribution in [0.25, 0.3) is 11.3 Å². The largest absolute Gasteiger partial charge is 0.493 e. The fourth-order valence-corrected chi connectivity index (χ4v) is 4.39. The van der Waals surface area contributed by atoms with Crippen molar-refractivity contribution in [3.63, 3.8) is 0 Å². The number of aromatic nitrogens is 3. The lowest BCUT2D eigenvalue weighted by Crippen LogP contribution is -2.17. The number of nitrogens with zero attached hydrogens (tertiary/aromatic N) is 3. The lowest BCUT2D eigenvalue weighted by molar-refractivity contribution is 0.224. The van der Waals surface area contributed by atoms with Gasteiger partial charge in [0.25, 0.3) is 0 Å². The van der Waals surface area contributed by atoms with Gasteiger partial charge in [0.2, 0.25) is 11.0 Å². The number of anilines is 1. The van der Waals surface area contributed by atoms with E-state index >= 15 is 0 Å². The van der Waals surface area contributed by atoms with Crippen molar-refractivity contribution in [1.29, 1.82) is 0 Å². The molecule has 1 N–H and O–H groups in total. The second-order valence-corrected chi connectivity index (χ2v) is 9.03. The van der Waals surface area contributed by atoms with Crippen LogP contribution in [-0.4, -0.2) is 28.0 Å². The first-order chi connectivity index (χ1) is 17.2. The molecule has 35 heavy (non-hydrogen) atoms. The summed E-state index contributed by atoms with van der Waals surface area (Å²) in [5.74, 6) is 2.66. The highest BCUT2D eigenvalue weighted by molar-refractivity contribution is 7.99. The SMILES string of the molecule is CCCSc1nnc2c(n1)OC(c1ccc(OCc3ccccc3)c(OC)c1)Nc1ccccc1-2. The number of para-hydroxylation sites is 1. The van der Waals surface area contributed by atoms with Crippen molar-refractivity contribution >= 4 is 17.4 Å². The Kier molecular flexibility index (Phi) is 6.99. The van der Waals surface area contributed by atoms with Crippen molar-refractivity contribution in [3.8, 4) is 28.6 Å². The first kappa shape index (κ1) is 23.0. The van der Waals surface area contributed by atoms with Crippen LogP contribution in [-0.2, 0) is 6.61 Å². The van der Waals surface area contributed by atoms with Crippen LogP contribution in [0.5, 0.6) is 17.4 Å². The molecule has 0 spiro atoms. The van der Waals surface area contributed by atoms with Crippen LogP contribution in [0.4, 0.5) is 5.69 Å². The minimum absolute atomic E-state index is 0.449. The van der Waals surface area contributed by atoms with Crippen molar-refractivity contribution in [2.45, 2.75) is 31.3 Å². The molecule has 0 bridgehead atoms. The number of nitrogens with one attached hydrogen (secondary N) is 1. The number of ether oxygens (including phenoxy) is 3. The van der Waals surface area contributed by atoms with E-state index in [4.69, 9.17) is 14.2 Å². The zero-order valence-corrected chi connectivity index (χ0v) is 20.4. The smallest absolute Gasteiger partial charge is 0.247 e. The minimum atomic E-state index is -0.504. The third kappa shape index (κ3) is 5.17. The van der Waals surface area contributed by atoms with Gasteiger partial charge < -0.3 is 19.5 Å². The van der Waals surface area contributed by atoms with Gasteiger partial charge in [0, 0.05) is 22.6 Å². The number of fused-ring (bicyclic) bond motifs is 3. The van der Waals surface area contributed by atoms with Crippen LogP contribution >= 0.6 is 11.8 Å². The summed E-state index contributed by atoms with van der Waals surface area (Å²) in [4.78, 5) is 4.68. The van der Waals surface area contributed by atoms with Crippen LogP contribution in [0.1, 0.15) is 30.7 Å². The molecule has 0 aliphatic carbocycles. The number of rotatable bonds is 8. The zero-order chi connectivity index (χ0) is 24.0. The highest BCUT2D eigenvalue weighted by Crippen LogP contribution is 2.41. The van der Waals surface area contributed by atoms with E-state index in [1.807, 2.05) is 72.8 Å². The molecule has 4 aromatic rings. The first-order valence-corrected chi connectivity index (χ1v) is 12.5. The molecule has 1 aliphatic rings. The van der Waals surface area contributed by atoms with E-state index in [9.17, 15) is 0 Å². The average Bonchev–Trinajstić information content (AvgIpc) is 3.07. The van der Waals surface area contributed by atoms with Gasteiger partial charge in [-0.15, -0.1) is 10.2 Å². The molecule has 2 heterocycles. The van der Waals surface area contributed by atoms with Gasteiger partial charge in [-0.05, 0) is 36.2 Å². The molecule has 0 amide bonds.